The summed E-state index contributed by atoms with van der Waals surface area (Å²) < 4.78 is 5.58. The Morgan fingerprint density at radius 2 is 1.96 bits per heavy atom. The second-order valence-corrected chi connectivity index (χ2v) is 7.22. The number of likely N-dealkylation sites (tertiary alicyclic amines) is 1. The SMILES string of the molecule is COC1CCCC(N2CCC(Nc3cc(C)ccc3N)CC2)C1. The number of nitrogens with two attached hydrogens (primary N) is 1. The minimum Gasteiger partial charge on any atom is -0.397 e. The second-order valence-electron chi connectivity index (χ2n) is 7.22. The highest BCUT2D eigenvalue weighted by atomic mass is 16.5. The fraction of sp³-hybridized carbons (Fsp3) is 0.684. The standard InChI is InChI=1S/C19H31N3O/c1-14-6-7-18(20)19(12-14)21-15-8-10-22(11-9-15)16-4-3-5-17(13-16)23-2/h6-7,12,15-17,21H,3-5,8-11,13,20H2,1-2H3. The van der Waals surface area contributed by atoms with Gasteiger partial charge in [-0.15, -0.1) is 0 Å². The number of nitrogen functional groups attached to an aromatic ring is 1. The third kappa shape index (κ3) is 4.18. The summed E-state index contributed by atoms with van der Waals surface area (Å²) in [6.45, 7) is 4.48. The number of nitrogens with one attached hydrogen (secondary N) is 1. The van der Waals surface area contributed by atoms with Crippen molar-refractivity contribution in [2.75, 3.05) is 31.2 Å². The number of hydrogen-bond donors (Lipinski definition) is 2. The predicted molar refractivity (Wildman–Crippen MR) is 96.9 cm³/mol. The molecule has 4 nitrogen and oxygen atoms in total. The average Bonchev–Trinajstić information content (AvgIpc) is 2.59. The monoisotopic (exact) mass is 317 g/mol. The first-order chi connectivity index (χ1) is 11.2. The number of benzene rings is 1. The van der Waals surface area contributed by atoms with E-state index in [2.05, 4.69) is 29.3 Å². The zero-order valence-electron chi connectivity index (χ0n) is 14.6. The van der Waals surface area contributed by atoms with Gasteiger partial charge in [0.15, 0.2) is 0 Å². The van der Waals surface area contributed by atoms with Gasteiger partial charge in [0.1, 0.15) is 0 Å². The molecule has 0 radical (unpaired) electrons. The predicted octanol–water partition coefficient (Wildman–Crippen LogP) is 3.41. The normalized spacial score (nSPS) is 27.0. The van der Waals surface area contributed by atoms with Crippen LogP contribution in [-0.4, -0.2) is 43.3 Å². The fourth-order valence-electron chi connectivity index (χ4n) is 4.09. The van der Waals surface area contributed by atoms with Crippen molar-refractivity contribution in [2.45, 2.75) is 63.6 Å². The van der Waals surface area contributed by atoms with Gasteiger partial charge in [0.2, 0.25) is 0 Å². The highest BCUT2D eigenvalue weighted by molar-refractivity contribution is 5.67. The lowest BCUT2D eigenvalue weighted by molar-refractivity contribution is 0.0218. The number of aryl methyl sites for hydroxylation is 1. The number of hydrogen-bond acceptors (Lipinski definition) is 4. The molecular formula is C19H31N3O. The summed E-state index contributed by atoms with van der Waals surface area (Å²) in [4.78, 5) is 2.68. The van der Waals surface area contributed by atoms with Gasteiger partial charge in [-0.1, -0.05) is 6.07 Å². The van der Waals surface area contributed by atoms with Crippen LogP contribution in [-0.2, 0) is 4.74 Å². The Kier molecular flexibility index (Phi) is 5.44. The summed E-state index contributed by atoms with van der Waals surface area (Å²) in [5, 5.41) is 3.66. The van der Waals surface area contributed by atoms with Gasteiger partial charge >= 0.3 is 0 Å². The number of piperidine rings is 1. The van der Waals surface area contributed by atoms with Crippen molar-refractivity contribution in [2.24, 2.45) is 0 Å². The van der Waals surface area contributed by atoms with E-state index in [0.717, 1.165) is 17.4 Å². The number of rotatable bonds is 4. The van der Waals surface area contributed by atoms with Crippen LogP contribution >= 0.6 is 0 Å². The molecule has 1 aromatic rings. The van der Waals surface area contributed by atoms with Crippen LogP contribution in [0.25, 0.3) is 0 Å². The zero-order chi connectivity index (χ0) is 16.2. The van der Waals surface area contributed by atoms with E-state index in [-0.39, 0.29) is 0 Å². The Bertz CT molecular complexity index is 511. The quantitative estimate of drug-likeness (QED) is 0.836. The first-order valence-corrected chi connectivity index (χ1v) is 9.05. The second kappa shape index (κ2) is 7.54. The fourth-order valence-corrected chi connectivity index (χ4v) is 4.09. The lowest BCUT2D eigenvalue weighted by atomic mass is 9.90. The van der Waals surface area contributed by atoms with E-state index in [0.29, 0.717) is 12.1 Å². The molecule has 1 aliphatic heterocycles. The smallest absolute Gasteiger partial charge is 0.0586 e. The van der Waals surface area contributed by atoms with Crippen LogP contribution in [0.15, 0.2) is 18.2 Å². The van der Waals surface area contributed by atoms with Crippen LogP contribution in [0.5, 0.6) is 0 Å². The number of methoxy groups -OCH3 is 1. The summed E-state index contributed by atoms with van der Waals surface area (Å²) in [5.41, 5.74) is 9.30. The molecule has 0 bridgehead atoms. The van der Waals surface area contributed by atoms with Gasteiger partial charge in [0.25, 0.3) is 0 Å². The van der Waals surface area contributed by atoms with Gasteiger partial charge in [0.05, 0.1) is 17.5 Å². The number of nitrogens with zero attached hydrogens (tertiary/aromatic N) is 1. The van der Waals surface area contributed by atoms with Gasteiger partial charge in [-0.25, -0.2) is 0 Å². The summed E-state index contributed by atoms with van der Waals surface area (Å²) in [6, 6.07) is 7.49. The van der Waals surface area contributed by atoms with Gasteiger partial charge in [-0.2, -0.15) is 0 Å². The molecule has 1 heterocycles. The molecule has 3 rings (SSSR count). The van der Waals surface area contributed by atoms with Crippen molar-refractivity contribution in [3.05, 3.63) is 23.8 Å². The first kappa shape index (κ1) is 16.6. The maximum Gasteiger partial charge on any atom is 0.0586 e. The van der Waals surface area contributed by atoms with E-state index in [9.17, 15) is 0 Å². The van der Waals surface area contributed by atoms with Crippen molar-refractivity contribution in [3.8, 4) is 0 Å². The van der Waals surface area contributed by atoms with Crippen LogP contribution in [0.4, 0.5) is 11.4 Å². The minimum atomic E-state index is 0.469. The summed E-state index contributed by atoms with van der Waals surface area (Å²) in [7, 11) is 1.86. The molecule has 1 saturated heterocycles. The van der Waals surface area contributed by atoms with Crippen LogP contribution in [0.1, 0.15) is 44.1 Å². The molecule has 128 valence electrons. The molecule has 4 heteroatoms. The lowest BCUT2D eigenvalue weighted by Gasteiger charge is -2.41. The maximum absolute atomic E-state index is 6.09. The average molecular weight is 317 g/mol. The largest absolute Gasteiger partial charge is 0.397 e. The topological polar surface area (TPSA) is 50.5 Å². The van der Waals surface area contributed by atoms with Crippen molar-refractivity contribution >= 4 is 11.4 Å². The molecule has 2 atom stereocenters. The summed E-state index contributed by atoms with van der Waals surface area (Å²) in [6.07, 6.45) is 7.95. The van der Waals surface area contributed by atoms with Crippen LogP contribution in [0, 0.1) is 6.92 Å². The Balaban J connectivity index is 1.51. The molecule has 3 N–H and O–H groups in total. The molecular weight excluding hydrogens is 286 g/mol. The Morgan fingerprint density at radius 3 is 2.70 bits per heavy atom. The van der Waals surface area contributed by atoms with Crippen LogP contribution in [0.2, 0.25) is 0 Å². The molecule has 0 aromatic heterocycles. The van der Waals surface area contributed by atoms with Gasteiger partial charge < -0.3 is 20.7 Å². The Morgan fingerprint density at radius 1 is 1.17 bits per heavy atom. The molecule has 2 aliphatic rings. The molecule has 1 saturated carbocycles. The van der Waals surface area contributed by atoms with Crippen molar-refractivity contribution in [3.63, 3.8) is 0 Å². The van der Waals surface area contributed by atoms with Crippen molar-refractivity contribution in [1.29, 1.82) is 0 Å². The molecule has 2 fully saturated rings. The van der Waals surface area contributed by atoms with E-state index < -0.39 is 0 Å². The van der Waals surface area contributed by atoms with E-state index in [4.69, 9.17) is 10.5 Å². The highest BCUT2D eigenvalue weighted by Gasteiger charge is 2.29. The highest BCUT2D eigenvalue weighted by Crippen LogP contribution is 2.28. The minimum absolute atomic E-state index is 0.469. The first-order valence-electron chi connectivity index (χ1n) is 9.05. The van der Waals surface area contributed by atoms with Gasteiger partial charge in [0, 0.05) is 32.3 Å². The molecule has 1 aromatic carbocycles. The molecule has 0 spiro atoms. The molecule has 1 aliphatic carbocycles. The third-order valence-corrected chi connectivity index (χ3v) is 5.55. The van der Waals surface area contributed by atoms with Crippen LogP contribution < -0.4 is 11.1 Å². The molecule has 0 amide bonds. The van der Waals surface area contributed by atoms with Crippen LogP contribution in [0.3, 0.4) is 0 Å². The maximum atomic E-state index is 6.09. The third-order valence-electron chi connectivity index (χ3n) is 5.55. The lowest BCUT2D eigenvalue weighted by Crippen LogP contribution is -2.47. The summed E-state index contributed by atoms with van der Waals surface area (Å²) in [5.74, 6) is 0. The number of anilines is 2. The number of ether oxygens (including phenoxy) is 1. The van der Waals surface area contributed by atoms with E-state index in [1.807, 2.05) is 13.2 Å². The Hall–Kier alpha value is -1.26. The van der Waals surface area contributed by atoms with Crippen molar-refractivity contribution < 1.29 is 4.74 Å². The Labute approximate surface area is 140 Å². The van der Waals surface area contributed by atoms with E-state index in [1.54, 1.807) is 0 Å². The molecule has 2 unspecified atom stereocenters. The zero-order valence-corrected chi connectivity index (χ0v) is 14.6. The van der Waals surface area contributed by atoms with E-state index >= 15 is 0 Å². The summed E-state index contributed by atoms with van der Waals surface area (Å²) >= 11 is 0. The van der Waals surface area contributed by atoms with Gasteiger partial charge in [-0.3, -0.25) is 0 Å². The van der Waals surface area contributed by atoms with Crippen molar-refractivity contribution in [1.82, 2.24) is 4.90 Å². The van der Waals surface area contributed by atoms with E-state index in [1.165, 1.54) is 57.2 Å². The van der Waals surface area contributed by atoms with Gasteiger partial charge in [-0.05, 0) is 63.1 Å². The molecule has 23 heavy (non-hydrogen) atoms.